The standard InChI is InChI=1S/C17H25N3S/c1-17(2,3)21-16-7-5-4-6-14(16)15(8-9-18)20-12-10-19-11-13-20/h4-7,15,19H,8,10-13H2,1-3H3/t15-/m1/s1. The predicted octanol–water partition coefficient (Wildman–Crippen LogP) is 3.44. The van der Waals surface area contributed by atoms with Crippen LogP contribution in [0.25, 0.3) is 0 Å². The lowest BCUT2D eigenvalue weighted by Crippen LogP contribution is -2.45. The average Bonchev–Trinajstić information content (AvgIpc) is 2.45. The quantitative estimate of drug-likeness (QED) is 0.865. The van der Waals surface area contributed by atoms with Gasteiger partial charge in [0.25, 0.3) is 0 Å². The molecule has 1 N–H and O–H groups in total. The first-order valence-corrected chi connectivity index (χ1v) is 8.42. The highest BCUT2D eigenvalue weighted by molar-refractivity contribution is 8.00. The number of rotatable bonds is 4. The highest BCUT2D eigenvalue weighted by atomic mass is 32.2. The van der Waals surface area contributed by atoms with Gasteiger partial charge in [-0.05, 0) is 11.6 Å². The van der Waals surface area contributed by atoms with Gasteiger partial charge in [-0.15, -0.1) is 11.8 Å². The number of nitrogens with zero attached hydrogens (tertiary/aromatic N) is 2. The molecule has 0 aliphatic carbocycles. The third kappa shape index (κ3) is 4.74. The van der Waals surface area contributed by atoms with Gasteiger partial charge in [-0.2, -0.15) is 5.26 Å². The molecule has 1 aliphatic heterocycles. The van der Waals surface area contributed by atoms with E-state index in [9.17, 15) is 5.26 Å². The van der Waals surface area contributed by atoms with Crippen molar-refractivity contribution in [2.24, 2.45) is 0 Å². The molecule has 0 amide bonds. The highest BCUT2D eigenvalue weighted by Crippen LogP contribution is 2.38. The summed E-state index contributed by atoms with van der Waals surface area (Å²) in [7, 11) is 0. The van der Waals surface area contributed by atoms with Crippen LogP contribution in [0.3, 0.4) is 0 Å². The topological polar surface area (TPSA) is 39.1 Å². The van der Waals surface area contributed by atoms with Crippen molar-refractivity contribution >= 4 is 11.8 Å². The monoisotopic (exact) mass is 303 g/mol. The van der Waals surface area contributed by atoms with Crippen molar-refractivity contribution in [1.29, 1.82) is 5.26 Å². The van der Waals surface area contributed by atoms with Crippen LogP contribution < -0.4 is 5.32 Å². The van der Waals surface area contributed by atoms with Crippen molar-refractivity contribution in [3.8, 4) is 6.07 Å². The molecule has 0 radical (unpaired) electrons. The molecule has 1 aliphatic rings. The Bertz CT molecular complexity index is 495. The first-order valence-electron chi connectivity index (χ1n) is 7.61. The zero-order chi connectivity index (χ0) is 15.3. The second kappa shape index (κ2) is 7.31. The molecular formula is C17H25N3S. The summed E-state index contributed by atoms with van der Waals surface area (Å²) >= 11 is 1.89. The summed E-state index contributed by atoms with van der Waals surface area (Å²) in [6, 6.07) is 11.2. The molecule has 0 unspecified atom stereocenters. The fourth-order valence-corrected chi connectivity index (χ4v) is 3.82. The lowest BCUT2D eigenvalue weighted by atomic mass is 10.0. The molecule has 0 aromatic heterocycles. The summed E-state index contributed by atoms with van der Waals surface area (Å²) in [6.07, 6.45) is 0.557. The maximum atomic E-state index is 9.25. The summed E-state index contributed by atoms with van der Waals surface area (Å²) in [5.74, 6) is 0. The van der Waals surface area contributed by atoms with E-state index in [-0.39, 0.29) is 10.8 Å². The van der Waals surface area contributed by atoms with Crippen LogP contribution in [-0.4, -0.2) is 35.8 Å². The van der Waals surface area contributed by atoms with Crippen molar-refractivity contribution < 1.29 is 0 Å². The molecule has 114 valence electrons. The fraction of sp³-hybridized carbons (Fsp3) is 0.588. The summed E-state index contributed by atoms with van der Waals surface area (Å²) < 4.78 is 0.177. The van der Waals surface area contributed by atoms with E-state index >= 15 is 0 Å². The van der Waals surface area contributed by atoms with E-state index in [4.69, 9.17) is 0 Å². The Labute approximate surface area is 132 Å². The van der Waals surface area contributed by atoms with Crippen LogP contribution in [0, 0.1) is 11.3 Å². The second-order valence-electron chi connectivity index (χ2n) is 6.42. The van der Waals surface area contributed by atoms with Gasteiger partial charge in [-0.25, -0.2) is 0 Å². The Morgan fingerprint density at radius 3 is 2.57 bits per heavy atom. The molecule has 1 aromatic rings. The fourth-order valence-electron chi connectivity index (χ4n) is 2.69. The van der Waals surface area contributed by atoms with E-state index in [0.717, 1.165) is 26.2 Å². The van der Waals surface area contributed by atoms with Crippen LogP contribution >= 0.6 is 11.8 Å². The number of hydrogen-bond acceptors (Lipinski definition) is 4. The van der Waals surface area contributed by atoms with Gasteiger partial charge in [0.2, 0.25) is 0 Å². The smallest absolute Gasteiger partial charge is 0.0641 e. The molecule has 1 saturated heterocycles. The molecule has 1 fully saturated rings. The molecule has 0 bridgehead atoms. The van der Waals surface area contributed by atoms with Gasteiger partial charge in [0.15, 0.2) is 0 Å². The summed E-state index contributed by atoms with van der Waals surface area (Å²) in [4.78, 5) is 3.76. The molecule has 2 rings (SSSR count). The minimum atomic E-state index is 0.177. The Balaban J connectivity index is 2.29. The third-order valence-electron chi connectivity index (χ3n) is 3.57. The van der Waals surface area contributed by atoms with Gasteiger partial charge in [0.05, 0.1) is 12.5 Å². The molecule has 1 aromatic carbocycles. The minimum absolute atomic E-state index is 0.177. The normalized spacial score (nSPS) is 18.2. The Kier molecular flexibility index (Phi) is 5.69. The number of hydrogen-bond donors (Lipinski definition) is 1. The van der Waals surface area contributed by atoms with E-state index in [0.29, 0.717) is 6.42 Å². The number of thioether (sulfide) groups is 1. The first kappa shape index (κ1) is 16.4. The van der Waals surface area contributed by atoms with Gasteiger partial charge < -0.3 is 5.32 Å². The van der Waals surface area contributed by atoms with Gasteiger partial charge >= 0.3 is 0 Å². The van der Waals surface area contributed by atoms with E-state index in [1.54, 1.807) is 0 Å². The van der Waals surface area contributed by atoms with Crippen LogP contribution in [-0.2, 0) is 0 Å². The zero-order valence-electron chi connectivity index (χ0n) is 13.2. The molecule has 4 heteroatoms. The van der Waals surface area contributed by atoms with Crippen molar-refractivity contribution in [2.45, 2.75) is 42.9 Å². The molecule has 3 nitrogen and oxygen atoms in total. The third-order valence-corrected chi connectivity index (χ3v) is 4.78. The lowest BCUT2D eigenvalue weighted by molar-refractivity contribution is 0.174. The van der Waals surface area contributed by atoms with Crippen molar-refractivity contribution in [1.82, 2.24) is 10.2 Å². The molecular weight excluding hydrogens is 278 g/mol. The van der Waals surface area contributed by atoms with E-state index < -0.39 is 0 Å². The van der Waals surface area contributed by atoms with Gasteiger partial charge in [0.1, 0.15) is 0 Å². The number of nitriles is 1. The number of nitrogens with one attached hydrogen (secondary N) is 1. The van der Waals surface area contributed by atoms with Crippen LogP contribution in [0.1, 0.15) is 38.8 Å². The molecule has 21 heavy (non-hydrogen) atoms. The van der Waals surface area contributed by atoms with E-state index in [1.165, 1.54) is 10.5 Å². The van der Waals surface area contributed by atoms with Crippen LogP contribution in [0.15, 0.2) is 29.2 Å². The summed E-state index contributed by atoms with van der Waals surface area (Å²) in [5, 5.41) is 12.6. The Hall–Kier alpha value is -1.02. The lowest BCUT2D eigenvalue weighted by Gasteiger charge is -2.35. The van der Waals surface area contributed by atoms with Crippen LogP contribution in [0.5, 0.6) is 0 Å². The van der Waals surface area contributed by atoms with Crippen molar-refractivity contribution in [3.63, 3.8) is 0 Å². The maximum Gasteiger partial charge on any atom is 0.0641 e. The molecule has 0 spiro atoms. The Morgan fingerprint density at radius 1 is 1.29 bits per heavy atom. The Morgan fingerprint density at radius 2 is 1.95 bits per heavy atom. The maximum absolute atomic E-state index is 9.25. The highest BCUT2D eigenvalue weighted by Gasteiger charge is 2.25. The summed E-state index contributed by atoms with van der Waals surface area (Å²) in [5.41, 5.74) is 1.31. The molecule has 1 heterocycles. The van der Waals surface area contributed by atoms with Gasteiger partial charge in [0, 0.05) is 41.9 Å². The van der Waals surface area contributed by atoms with E-state index in [1.807, 2.05) is 11.8 Å². The van der Waals surface area contributed by atoms with Crippen molar-refractivity contribution in [2.75, 3.05) is 26.2 Å². The summed E-state index contributed by atoms with van der Waals surface area (Å²) in [6.45, 7) is 10.8. The first-order chi connectivity index (χ1) is 10.0. The number of benzene rings is 1. The van der Waals surface area contributed by atoms with Crippen molar-refractivity contribution in [3.05, 3.63) is 29.8 Å². The largest absolute Gasteiger partial charge is 0.314 e. The van der Waals surface area contributed by atoms with E-state index in [2.05, 4.69) is 61.3 Å². The zero-order valence-corrected chi connectivity index (χ0v) is 14.0. The van der Waals surface area contributed by atoms with Gasteiger partial charge in [-0.3, -0.25) is 4.90 Å². The molecule has 0 saturated carbocycles. The van der Waals surface area contributed by atoms with Crippen LogP contribution in [0.4, 0.5) is 0 Å². The predicted molar refractivity (Wildman–Crippen MR) is 89.5 cm³/mol. The number of piperazine rings is 1. The average molecular weight is 303 g/mol. The van der Waals surface area contributed by atoms with Crippen LogP contribution in [0.2, 0.25) is 0 Å². The minimum Gasteiger partial charge on any atom is -0.314 e. The molecule has 1 atom stereocenters. The van der Waals surface area contributed by atoms with Gasteiger partial charge in [-0.1, -0.05) is 39.0 Å². The second-order valence-corrected chi connectivity index (χ2v) is 8.28. The SMILES string of the molecule is CC(C)(C)Sc1ccccc1[C@@H](CC#N)N1CCNCC1.